The monoisotopic (exact) mass is 783 g/mol. The normalized spacial score (nSPS) is 31.2. The molecule has 53 heavy (non-hydrogen) atoms. The number of amides is 5. The maximum atomic E-state index is 14.5. The van der Waals surface area contributed by atoms with Crippen LogP contribution in [0.3, 0.4) is 0 Å². The largest absolute Gasteiger partial charge is 0.347 e. The van der Waals surface area contributed by atoms with E-state index in [-0.39, 0.29) is 42.0 Å². The minimum absolute atomic E-state index is 0.0404. The first-order valence-corrected chi connectivity index (χ1v) is 23.0. The molecule has 3 saturated carbocycles. The zero-order valence-corrected chi connectivity index (χ0v) is 33.9. The molecular weight excluding hydrogens is 723 g/mol. The van der Waals surface area contributed by atoms with E-state index < -0.39 is 88.6 Å². The van der Waals surface area contributed by atoms with E-state index in [2.05, 4.69) is 21.3 Å². The van der Waals surface area contributed by atoms with Crippen LogP contribution in [0.5, 0.6) is 0 Å². The van der Waals surface area contributed by atoms with Gasteiger partial charge in [-0.05, 0) is 83.5 Å². The lowest BCUT2D eigenvalue weighted by molar-refractivity contribution is -0.144. The number of carbonyl (C=O) groups is 5. The zero-order chi connectivity index (χ0) is 39.1. The van der Waals surface area contributed by atoms with Crippen LogP contribution in [0, 0.1) is 17.3 Å². The molecule has 5 rings (SSSR count). The molecule has 0 spiro atoms. The second kappa shape index (κ2) is 15.4. The summed E-state index contributed by atoms with van der Waals surface area (Å²) < 4.78 is 53.3. The molecule has 0 radical (unpaired) electrons. The number of nitrogens with one attached hydrogen (secondary N) is 4. The Labute approximate surface area is 315 Å². The van der Waals surface area contributed by atoms with Crippen LogP contribution in [0.1, 0.15) is 125 Å². The van der Waals surface area contributed by atoms with Crippen LogP contribution in [0.4, 0.5) is 4.79 Å². The molecule has 0 unspecified atom stereocenters. The Morgan fingerprint density at radius 1 is 0.906 bits per heavy atom. The van der Waals surface area contributed by atoms with Crippen LogP contribution >= 0.6 is 0 Å². The van der Waals surface area contributed by atoms with Crippen LogP contribution in [-0.4, -0.2) is 109 Å². The number of urea groups is 1. The molecule has 300 valence electrons. The number of sulfone groups is 2. The lowest BCUT2D eigenvalue weighted by Gasteiger charge is -2.44. The van der Waals surface area contributed by atoms with Crippen molar-refractivity contribution in [3.8, 4) is 0 Å². The van der Waals surface area contributed by atoms with Crippen molar-refractivity contribution in [2.24, 2.45) is 17.3 Å². The van der Waals surface area contributed by atoms with Gasteiger partial charge in [0, 0.05) is 12.6 Å². The predicted molar refractivity (Wildman–Crippen MR) is 200 cm³/mol. The van der Waals surface area contributed by atoms with Crippen molar-refractivity contribution >= 4 is 49.2 Å². The van der Waals surface area contributed by atoms with Gasteiger partial charge in [0.05, 0.1) is 33.1 Å². The van der Waals surface area contributed by atoms with Gasteiger partial charge >= 0.3 is 6.03 Å². The van der Waals surface area contributed by atoms with E-state index in [1.54, 1.807) is 27.7 Å². The van der Waals surface area contributed by atoms with Crippen LogP contribution in [0.25, 0.3) is 0 Å². The average Bonchev–Trinajstić information content (AvgIpc) is 3.92. The summed E-state index contributed by atoms with van der Waals surface area (Å²) in [6.45, 7) is 10.6. The molecule has 5 amide bonds. The highest BCUT2D eigenvalue weighted by atomic mass is 32.2. The van der Waals surface area contributed by atoms with Crippen LogP contribution in [-0.2, 0) is 38.9 Å². The number of piperidine rings is 1. The van der Waals surface area contributed by atoms with Crippen molar-refractivity contribution in [1.82, 2.24) is 26.2 Å². The van der Waals surface area contributed by atoms with Crippen molar-refractivity contribution in [1.29, 1.82) is 0 Å². The van der Waals surface area contributed by atoms with Gasteiger partial charge in [0.15, 0.2) is 19.7 Å². The first kappa shape index (κ1) is 41.4. The molecule has 0 aromatic carbocycles. The molecule has 4 N–H and O–H groups in total. The highest BCUT2D eigenvalue weighted by Crippen LogP contribution is 2.65. The summed E-state index contributed by atoms with van der Waals surface area (Å²) in [4.78, 5) is 70.1. The van der Waals surface area contributed by atoms with E-state index in [1.807, 2.05) is 13.8 Å². The van der Waals surface area contributed by atoms with E-state index in [1.165, 1.54) is 4.90 Å². The molecule has 0 bridgehead atoms. The van der Waals surface area contributed by atoms with Crippen molar-refractivity contribution in [3.05, 3.63) is 0 Å². The van der Waals surface area contributed by atoms with Gasteiger partial charge in [-0.3, -0.25) is 19.2 Å². The molecule has 16 heteroatoms. The van der Waals surface area contributed by atoms with Crippen molar-refractivity contribution in [3.63, 3.8) is 0 Å². The van der Waals surface area contributed by atoms with Crippen LogP contribution in [0.2, 0.25) is 0 Å². The third kappa shape index (κ3) is 9.05. The van der Waals surface area contributed by atoms with Crippen molar-refractivity contribution in [2.75, 3.05) is 18.1 Å². The lowest BCUT2D eigenvalue weighted by atomic mass is 9.79. The molecule has 14 nitrogen and oxygen atoms in total. The SMILES string of the molecule is C[C@H](C1(NC(=O)N[C@H]2CS(=O)(=O)CCCCCCC[C@@H](C(=O)C(=O)NC3CC3)NC(=O)[C@@H]3[C@@H]4[C@H](CN3C2=O)C4(C)C)CCCCC1)S(=O)(=O)C(C)(C)C. The fraction of sp³-hybridized carbons (Fsp3) is 0.865. The smallest absolute Gasteiger partial charge is 0.315 e. The van der Waals surface area contributed by atoms with E-state index in [9.17, 15) is 40.8 Å². The standard InChI is InChI=1S/C37H61N5O9S2/c1-23(53(50,51)35(2,3)4)37(18-12-10-13-19-37)41-34(47)40-27-22-52(48,49)20-14-9-7-8-11-15-26(30(43)32(45)38-24-16-17-24)39-31(44)29-28-25(36(28,5)6)21-42(29)33(27)46/h23-29H,7-22H2,1-6H3,(H,38,45)(H,39,44)(H2,40,41,47)/t23-,25+,26+,27+,28+,29+/m1/s1. The zero-order valence-electron chi connectivity index (χ0n) is 32.3. The summed E-state index contributed by atoms with van der Waals surface area (Å²) in [6, 6.07) is -4.56. The average molecular weight is 784 g/mol. The summed E-state index contributed by atoms with van der Waals surface area (Å²) in [7, 11) is -7.60. The summed E-state index contributed by atoms with van der Waals surface area (Å²) in [5, 5.41) is 10.1. The fourth-order valence-corrected chi connectivity index (χ4v) is 12.5. The second-order valence-electron chi connectivity index (χ2n) is 17.9. The highest BCUT2D eigenvalue weighted by Gasteiger charge is 2.69. The third-order valence-electron chi connectivity index (χ3n) is 12.7. The Hall–Kier alpha value is -2.75. The third-order valence-corrected chi connectivity index (χ3v) is 17.5. The fourth-order valence-electron chi connectivity index (χ4n) is 8.96. The van der Waals surface area contributed by atoms with Gasteiger partial charge < -0.3 is 26.2 Å². The Morgan fingerprint density at radius 3 is 2.13 bits per heavy atom. The molecular formula is C37H61N5O9S2. The Kier molecular flexibility index (Phi) is 12.0. The second-order valence-corrected chi connectivity index (χ2v) is 23.2. The van der Waals surface area contributed by atoms with Gasteiger partial charge in [0.25, 0.3) is 5.91 Å². The number of carbonyl (C=O) groups excluding carboxylic acids is 5. The first-order valence-electron chi connectivity index (χ1n) is 19.6. The van der Waals surface area contributed by atoms with E-state index in [4.69, 9.17) is 0 Å². The minimum Gasteiger partial charge on any atom is -0.347 e. The summed E-state index contributed by atoms with van der Waals surface area (Å²) in [5.74, 6) is -4.02. The number of hydrogen-bond acceptors (Lipinski definition) is 9. The predicted octanol–water partition coefficient (Wildman–Crippen LogP) is 2.54. The molecule has 2 aliphatic heterocycles. The van der Waals surface area contributed by atoms with Crippen LogP contribution in [0.15, 0.2) is 0 Å². The highest BCUT2D eigenvalue weighted by molar-refractivity contribution is 7.93. The molecule has 2 heterocycles. The van der Waals surface area contributed by atoms with Gasteiger partial charge in [-0.1, -0.05) is 58.8 Å². The van der Waals surface area contributed by atoms with Gasteiger partial charge in [0.1, 0.15) is 12.1 Å². The van der Waals surface area contributed by atoms with E-state index in [0.29, 0.717) is 57.8 Å². The Balaban J connectivity index is 1.43. The molecule has 3 aliphatic carbocycles. The summed E-state index contributed by atoms with van der Waals surface area (Å²) in [5.41, 5.74) is -1.44. The summed E-state index contributed by atoms with van der Waals surface area (Å²) in [6.07, 6.45) is 7.70. The quantitative estimate of drug-likeness (QED) is 0.280. The number of ketones is 1. The molecule has 2 saturated heterocycles. The maximum Gasteiger partial charge on any atom is 0.315 e. The van der Waals surface area contributed by atoms with Crippen LogP contribution < -0.4 is 21.3 Å². The Bertz CT molecular complexity index is 1660. The molecule has 0 aromatic heterocycles. The number of fused-ring (bicyclic) bond motifs is 3. The number of hydrogen-bond donors (Lipinski definition) is 4. The molecule has 0 aromatic rings. The number of rotatable bonds is 7. The Morgan fingerprint density at radius 2 is 1.51 bits per heavy atom. The number of Topliss-reactive ketones (excluding diaryl/α,β-unsaturated/α-hetero) is 1. The van der Waals surface area contributed by atoms with Crippen molar-refractivity contribution in [2.45, 2.75) is 165 Å². The molecule has 5 fully saturated rings. The van der Waals surface area contributed by atoms with Crippen molar-refractivity contribution < 1.29 is 40.8 Å². The number of nitrogens with zero attached hydrogens (tertiary/aromatic N) is 1. The molecule has 6 atom stereocenters. The molecule has 5 aliphatic rings. The van der Waals surface area contributed by atoms with Gasteiger partial charge in [-0.25, -0.2) is 21.6 Å². The van der Waals surface area contributed by atoms with Gasteiger partial charge in [-0.15, -0.1) is 0 Å². The first-order chi connectivity index (χ1) is 24.6. The van der Waals surface area contributed by atoms with E-state index in [0.717, 1.165) is 19.3 Å². The maximum absolute atomic E-state index is 14.5. The van der Waals surface area contributed by atoms with Gasteiger partial charge in [0.2, 0.25) is 17.6 Å². The van der Waals surface area contributed by atoms with Gasteiger partial charge in [-0.2, -0.15) is 0 Å². The van der Waals surface area contributed by atoms with E-state index >= 15 is 0 Å². The topological polar surface area (TPSA) is 205 Å². The minimum atomic E-state index is -3.86. The lowest BCUT2D eigenvalue weighted by Crippen LogP contribution is -2.65. The summed E-state index contributed by atoms with van der Waals surface area (Å²) >= 11 is 0.